The molecule has 0 spiro atoms. The summed E-state index contributed by atoms with van der Waals surface area (Å²) < 4.78 is 5.71. The lowest BCUT2D eigenvalue weighted by molar-refractivity contribution is 0.288. The molecule has 2 aliphatic rings. The molecule has 3 heteroatoms. The van der Waals surface area contributed by atoms with E-state index in [1.165, 1.54) is 29.5 Å². The number of hydrogen-bond acceptors (Lipinski definition) is 2. The van der Waals surface area contributed by atoms with Gasteiger partial charge < -0.3 is 10.1 Å². The summed E-state index contributed by atoms with van der Waals surface area (Å²) in [5.41, 5.74) is 4.12. The van der Waals surface area contributed by atoms with Crippen molar-refractivity contribution >= 4 is 11.6 Å². The van der Waals surface area contributed by atoms with Gasteiger partial charge in [-0.05, 0) is 68.3 Å². The molecule has 0 aromatic heterocycles. The Morgan fingerprint density at radius 2 is 2.33 bits per heavy atom. The van der Waals surface area contributed by atoms with Gasteiger partial charge in [-0.25, -0.2) is 0 Å². The smallest absolute Gasteiger partial charge is 0.141 e. The van der Waals surface area contributed by atoms with Crippen molar-refractivity contribution in [3.8, 4) is 5.75 Å². The fraction of sp³-hybridized carbons (Fsp3) is 0.600. The van der Waals surface area contributed by atoms with E-state index < -0.39 is 0 Å². The fourth-order valence-electron chi connectivity index (χ4n) is 3.12. The first kappa shape index (κ1) is 12.3. The Balaban J connectivity index is 1.92. The van der Waals surface area contributed by atoms with E-state index in [0.29, 0.717) is 6.04 Å². The lowest BCUT2D eigenvalue weighted by atomic mass is 9.92. The molecule has 1 saturated heterocycles. The maximum atomic E-state index is 6.36. The van der Waals surface area contributed by atoms with E-state index in [4.69, 9.17) is 16.3 Å². The zero-order valence-electron chi connectivity index (χ0n) is 10.9. The van der Waals surface area contributed by atoms with E-state index in [0.717, 1.165) is 43.2 Å². The highest BCUT2D eigenvalue weighted by molar-refractivity contribution is 6.32. The summed E-state index contributed by atoms with van der Waals surface area (Å²) in [6, 6.07) is 2.74. The molecule has 3 rings (SSSR count). The number of ether oxygens (including phenoxy) is 1. The van der Waals surface area contributed by atoms with Crippen LogP contribution in [0.5, 0.6) is 5.75 Å². The van der Waals surface area contributed by atoms with Crippen molar-refractivity contribution in [2.75, 3.05) is 13.2 Å². The van der Waals surface area contributed by atoms with E-state index in [2.05, 4.69) is 18.3 Å². The molecular weight excluding hydrogens is 246 g/mol. The molecule has 1 N–H and O–H groups in total. The SMILES string of the molecule is Cc1c(CC2CCCN2)cc(Cl)c2c1CCCO2. The largest absolute Gasteiger partial charge is 0.492 e. The van der Waals surface area contributed by atoms with Crippen molar-refractivity contribution in [3.63, 3.8) is 0 Å². The summed E-state index contributed by atoms with van der Waals surface area (Å²) in [6.45, 7) is 4.18. The first-order valence-electron chi connectivity index (χ1n) is 6.92. The molecular formula is C15H20ClNO. The highest BCUT2D eigenvalue weighted by atomic mass is 35.5. The second-order valence-corrected chi connectivity index (χ2v) is 5.81. The minimum atomic E-state index is 0.627. The Morgan fingerprint density at radius 3 is 3.11 bits per heavy atom. The van der Waals surface area contributed by atoms with Gasteiger partial charge in [0.25, 0.3) is 0 Å². The van der Waals surface area contributed by atoms with Crippen LogP contribution in [-0.2, 0) is 12.8 Å². The van der Waals surface area contributed by atoms with Crippen molar-refractivity contribution in [1.29, 1.82) is 0 Å². The number of nitrogens with one attached hydrogen (secondary N) is 1. The third-order valence-corrected chi connectivity index (χ3v) is 4.45. The number of hydrogen-bond donors (Lipinski definition) is 1. The van der Waals surface area contributed by atoms with Gasteiger partial charge in [0.1, 0.15) is 5.75 Å². The van der Waals surface area contributed by atoms with Crippen molar-refractivity contribution in [2.24, 2.45) is 0 Å². The summed E-state index contributed by atoms with van der Waals surface area (Å²) in [5.74, 6) is 0.934. The third kappa shape index (κ3) is 2.24. The predicted molar refractivity (Wildman–Crippen MR) is 74.7 cm³/mol. The van der Waals surface area contributed by atoms with Crippen LogP contribution < -0.4 is 10.1 Å². The van der Waals surface area contributed by atoms with Gasteiger partial charge >= 0.3 is 0 Å². The van der Waals surface area contributed by atoms with Gasteiger partial charge in [0.2, 0.25) is 0 Å². The molecule has 1 fully saturated rings. The molecule has 1 unspecified atom stereocenters. The van der Waals surface area contributed by atoms with Crippen LogP contribution in [0.3, 0.4) is 0 Å². The quantitative estimate of drug-likeness (QED) is 0.886. The Bertz CT molecular complexity index is 452. The lowest BCUT2D eigenvalue weighted by Crippen LogP contribution is -2.24. The van der Waals surface area contributed by atoms with Gasteiger partial charge in [0.15, 0.2) is 0 Å². The van der Waals surface area contributed by atoms with Crippen LogP contribution in [0.4, 0.5) is 0 Å². The first-order valence-corrected chi connectivity index (χ1v) is 7.30. The number of fused-ring (bicyclic) bond motifs is 1. The number of rotatable bonds is 2. The molecule has 0 bridgehead atoms. The molecule has 0 saturated carbocycles. The summed E-state index contributed by atoms with van der Waals surface area (Å²) in [4.78, 5) is 0. The van der Waals surface area contributed by atoms with Gasteiger partial charge in [0.05, 0.1) is 11.6 Å². The maximum absolute atomic E-state index is 6.36. The highest BCUT2D eigenvalue weighted by Crippen LogP contribution is 2.37. The number of benzene rings is 1. The van der Waals surface area contributed by atoms with Crippen LogP contribution in [0, 0.1) is 6.92 Å². The third-order valence-electron chi connectivity index (χ3n) is 4.17. The van der Waals surface area contributed by atoms with Gasteiger partial charge in [-0.1, -0.05) is 11.6 Å². The molecule has 0 radical (unpaired) electrons. The van der Waals surface area contributed by atoms with Crippen LogP contribution >= 0.6 is 11.6 Å². The second kappa shape index (κ2) is 5.10. The standard InChI is InChI=1S/C15H20ClNO/c1-10-11(8-12-4-2-6-17-12)9-14(16)15-13(10)5-3-7-18-15/h9,12,17H,2-8H2,1H3. The summed E-state index contributed by atoms with van der Waals surface area (Å²) in [6.07, 6.45) is 5.89. The average Bonchev–Trinajstić information content (AvgIpc) is 2.89. The Labute approximate surface area is 114 Å². The minimum absolute atomic E-state index is 0.627. The molecule has 2 heterocycles. The number of halogens is 1. The van der Waals surface area contributed by atoms with E-state index >= 15 is 0 Å². The van der Waals surface area contributed by atoms with Gasteiger partial charge in [-0.15, -0.1) is 0 Å². The van der Waals surface area contributed by atoms with Crippen LogP contribution in [0.2, 0.25) is 5.02 Å². The molecule has 98 valence electrons. The lowest BCUT2D eigenvalue weighted by Gasteiger charge is -2.23. The fourth-order valence-corrected chi connectivity index (χ4v) is 3.42. The Morgan fingerprint density at radius 1 is 1.44 bits per heavy atom. The minimum Gasteiger partial charge on any atom is -0.492 e. The zero-order valence-corrected chi connectivity index (χ0v) is 11.6. The van der Waals surface area contributed by atoms with Crippen LogP contribution in [0.25, 0.3) is 0 Å². The molecule has 1 aromatic carbocycles. The Kier molecular flexibility index (Phi) is 3.49. The maximum Gasteiger partial charge on any atom is 0.141 e. The summed E-state index contributed by atoms with van der Waals surface area (Å²) in [5, 5.41) is 4.35. The molecule has 0 amide bonds. The van der Waals surface area contributed by atoms with Crippen molar-refractivity contribution in [3.05, 3.63) is 27.8 Å². The molecule has 1 atom stereocenters. The zero-order chi connectivity index (χ0) is 12.5. The average molecular weight is 266 g/mol. The van der Waals surface area contributed by atoms with E-state index in [1.807, 2.05) is 0 Å². The summed E-state index contributed by atoms with van der Waals surface area (Å²) in [7, 11) is 0. The van der Waals surface area contributed by atoms with Gasteiger partial charge in [-0.2, -0.15) is 0 Å². The Hall–Kier alpha value is -0.730. The van der Waals surface area contributed by atoms with Crippen LogP contribution in [0.15, 0.2) is 6.07 Å². The van der Waals surface area contributed by atoms with Gasteiger partial charge in [-0.3, -0.25) is 0 Å². The van der Waals surface area contributed by atoms with E-state index in [9.17, 15) is 0 Å². The first-order chi connectivity index (χ1) is 8.75. The van der Waals surface area contributed by atoms with Crippen LogP contribution in [0.1, 0.15) is 36.0 Å². The van der Waals surface area contributed by atoms with E-state index in [1.54, 1.807) is 0 Å². The topological polar surface area (TPSA) is 21.3 Å². The predicted octanol–water partition coefficient (Wildman–Crippen LogP) is 3.27. The van der Waals surface area contributed by atoms with E-state index in [-0.39, 0.29) is 0 Å². The highest BCUT2D eigenvalue weighted by Gasteiger charge is 2.21. The molecule has 0 aliphatic carbocycles. The van der Waals surface area contributed by atoms with Crippen molar-refractivity contribution in [1.82, 2.24) is 5.32 Å². The normalized spacial score (nSPS) is 22.7. The summed E-state index contributed by atoms with van der Waals surface area (Å²) >= 11 is 6.36. The van der Waals surface area contributed by atoms with Crippen LogP contribution in [-0.4, -0.2) is 19.2 Å². The van der Waals surface area contributed by atoms with Crippen molar-refractivity contribution in [2.45, 2.75) is 45.1 Å². The monoisotopic (exact) mass is 265 g/mol. The van der Waals surface area contributed by atoms with Crippen molar-refractivity contribution < 1.29 is 4.74 Å². The molecule has 2 aliphatic heterocycles. The second-order valence-electron chi connectivity index (χ2n) is 5.40. The molecule has 2 nitrogen and oxygen atoms in total. The molecule has 18 heavy (non-hydrogen) atoms. The molecule has 1 aromatic rings. The van der Waals surface area contributed by atoms with Gasteiger partial charge in [0, 0.05) is 6.04 Å².